The zero-order valence-electron chi connectivity index (χ0n) is 14.9. The van der Waals surface area contributed by atoms with Crippen LogP contribution in [-0.2, 0) is 4.79 Å². The van der Waals surface area contributed by atoms with Crippen LogP contribution in [0.4, 0.5) is 0 Å². The highest BCUT2D eigenvalue weighted by molar-refractivity contribution is 5.80. The van der Waals surface area contributed by atoms with Gasteiger partial charge in [0.2, 0.25) is 5.91 Å². The number of amides is 1. The van der Waals surface area contributed by atoms with Crippen molar-refractivity contribution in [2.75, 3.05) is 52.4 Å². The summed E-state index contributed by atoms with van der Waals surface area (Å²) >= 11 is 0. The van der Waals surface area contributed by atoms with Crippen LogP contribution >= 0.6 is 0 Å². The quantitative estimate of drug-likeness (QED) is 0.583. The predicted molar refractivity (Wildman–Crippen MR) is 92.2 cm³/mol. The summed E-state index contributed by atoms with van der Waals surface area (Å²) in [4.78, 5) is 22.7. The van der Waals surface area contributed by atoms with Gasteiger partial charge in [0, 0.05) is 52.2 Å². The minimum Gasteiger partial charge on any atom is -0.357 e. The average Bonchev–Trinajstić information content (AvgIpc) is 2.50. The first-order valence-electron chi connectivity index (χ1n) is 8.52. The van der Waals surface area contributed by atoms with Gasteiger partial charge in [0.15, 0.2) is 5.96 Å². The van der Waals surface area contributed by atoms with Crippen LogP contribution < -0.4 is 5.32 Å². The van der Waals surface area contributed by atoms with E-state index in [2.05, 4.69) is 42.8 Å². The van der Waals surface area contributed by atoms with Gasteiger partial charge in [0.25, 0.3) is 0 Å². The molecule has 6 heteroatoms. The number of rotatable bonds is 6. The number of piperazine rings is 1. The molecule has 0 atom stereocenters. The number of likely N-dealkylation sites (N-methyl/N-ethyl adjacent to an activating group) is 1. The molecule has 0 spiro atoms. The zero-order valence-corrected chi connectivity index (χ0v) is 14.9. The van der Waals surface area contributed by atoms with E-state index in [0.717, 1.165) is 58.3 Å². The lowest BCUT2D eigenvalue weighted by Gasteiger charge is -2.36. The number of nitrogens with zero attached hydrogens (tertiary/aromatic N) is 4. The Morgan fingerprint density at radius 2 is 1.77 bits per heavy atom. The average molecular weight is 311 g/mol. The van der Waals surface area contributed by atoms with Crippen molar-refractivity contribution in [3.8, 4) is 0 Å². The van der Waals surface area contributed by atoms with E-state index >= 15 is 0 Å². The van der Waals surface area contributed by atoms with E-state index in [1.165, 1.54) is 0 Å². The van der Waals surface area contributed by atoms with Crippen molar-refractivity contribution in [2.45, 2.75) is 40.7 Å². The SMILES string of the molecule is CCNC(=NCCN(CC)C(C)C)N1CCN(C(C)=O)CC1. The van der Waals surface area contributed by atoms with Crippen molar-refractivity contribution in [2.24, 2.45) is 4.99 Å². The molecule has 0 saturated carbocycles. The van der Waals surface area contributed by atoms with Crippen LogP contribution in [0.15, 0.2) is 4.99 Å². The molecule has 1 heterocycles. The first-order chi connectivity index (χ1) is 10.5. The number of carbonyl (C=O) groups excluding carboxylic acids is 1. The first-order valence-corrected chi connectivity index (χ1v) is 8.52. The van der Waals surface area contributed by atoms with Crippen LogP contribution in [0.1, 0.15) is 34.6 Å². The Kier molecular flexibility index (Phi) is 8.24. The fourth-order valence-electron chi connectivity index (χ4n) is 2.72. The molecule has 0 aliphatic carbocycles. The van der Waals surface area contributed by atoms with Crippen LogP contribution in [0.2, 0.25) is 0 Å². The van der Waals surface area contributed by atoms with Gasteiger partial charge in [-0.3, -0.25) is 14.7 Å². The maximum absolute atomic E-state index is 11.4. The third-order valence-corrected chi connectivity index (χ3v) is 4.14. The van der Waals surface area contributed by atoms with Gasteiger partial charge in [0.1, 0.15) is 0 Å². The normalized spacial score (nSPS) is 16.6. The molecule has 0 bridgehead atoms. The van der Waals surface area contributed by atoms with Gasteiger partial charge in [-0.05, 0) is 27.3 Å². The maximum atomic E-state index is 11.4. The second-order valence-corrected chi connectivity index (χ2v) is 5.95. The zero-order chi connectivity index (χ0) is 16.5. The highest BCUT2D eigenvalue weighted by Gasteiger charge is 2.20. The van der Waals surface area contributed by atoms with Gasteiger partial charge >= 0.3 is 0 Å². The van der Waals surface area contributed by atoms with Crippen molar-refractivity contribution in [1.82, 2.24) is 20.0 Å². The van der Waals surface area contributed by atoms with Gasteiger partial charge in [-0.15, -0.1) is 0 Å². The van der Waals surface area contributed by atoms with Gasteiger partial charge in [-0.25, -0.2) is 0 Å². The molecule has 0 aromatic carbocycles. The number of guanidine groups is 1. The number of carbonyl (C=O) groups is 1. The van der Waals surface area contributed by atoms with Crippen LogP contribution in [0.3, 0.4) is 0 Å². The van der Waals surface area contributed by atoms with Crippen molar-refractivity contribution in [3.63, 3.8) is 0 Å². The van der Waals surface area contributed by atoms with Crippen molar-refractivity contribution < 1.29 is 4.79 Å². The summed E-state index contributed by atoms with van der Waals surface area (Å²) in [5.74, 6) is 1.14. The molecule has 0 unspecified atom stereocenters. The fourth-order valence-corrected chi connectivity index (χ4v) is 2.72. The van der Waals surface area contributed by atoms with Gasteiger partial charge < -0.3 is 15.1 Å². The Hall–Kier alpha value is -1.30. The second-order valence-electron chi connectivity index (χ2n) is 5.95. The Labute approximate surface area is 135 Å². The van der Waals surface area contributed by atoms with Crippen LogP contribution in [0.25, 0.3) is 0 Å². The van der Waals surface area contributed by atoms with Crippen molar-refractivity contribution >= 4 is 11.9 Å². The minimum absolute atomic E-state index is 0.164. The molecule has 1 fully saturated rings. The van der Waals surface area contributed by atoms with E-state index in [-0.39, 0.29) is 5.91 Å². The second kappa shape index (κ2) is 9.66. The molecule has 128 valence electrons. The van der Waals surface area contributed by atoms with E-state index in [9.17, 15) is 4.79 Å². The van der Waals surface area contributed by atoms with Gasteiger partial charge in [-0.2, -0.15) is 0 Å². The molecule has 0 radical (unpaired) electrons. The lowest BCUT2D eigenvalue weighted by Crippen LogP contribution is -2.53. The standard InChI is InChI=1S/C16H33N5O/c1-6-17-16(18-8-9-19(7-2)14(3)4)21-12-10-20(11-13-21)15(5)22/h14H,6-13H2,1-5H3,(H,17,18). The summed E-state index contributed by atoms with van der Waals surface area (Å²) in [6, 6.07) is 0.557. The molecule has 1 rings (SSSR count). The third kappa shape index (κ3) is 5.83. The highest BCUT2D eigenvalue weighted by atomic mass is 16.2. The monoisotopic (exact) mass is 311 g/mol. The summed E-state index contributed by atoms with van der Waals surface area (Å²) in [5.41, 5.74) is 0. The Bertz CT molecular complexity index is 362. The lowest BCUT2D eigenvalue weighted by atomic mass is 10.3. The van der Waals surface area contributed by atoms with Crippen LogP contribution in [0.5, 0.6) is 0 Å². The summed E-state index contributed by atoms with van der Waals surface area (Å²) in [5, 5.41) is 3.37. The topological polar surface area (TPSA) is 51.2 Å². The van der Waals surface area contributed by atoms with Gasteiger partial charge in [-0.1, -0.05) is 6.92 Å². The molecule has 1 saturated heterocycles. The third-order valence-electron chi connectivity index (χ3n) is 4.14. The molecule has 6 nitrogen and oxygen atoms in total. The molecule has 1 amide bonds. The van der Waals surface area contributed by atoms with Crippen LogP contribution in [-0.4, -0.2) is 85.0 Å². The van der Waals surface area contributed by atoms with Crippen molar-refractivity contribution in [3.05, 3.63) is 0 Å². The Morgan fingerprint density at radius 1 is 1.18 bits per heavy atom. The largest absolute Gasteiger partial charge is 0.357 e. The summed E-state index contributed by atoms with van der Waals surface area (Å²) < 4.78 is 0. The van der Waals surface area contributed by atoms with Crippen molar-refractivity contribution in [1.29, 1.82) is 0 Å². The Morgan fingerprint density at radius 3 is 2.23 bits per heavy atom. The molecule has 1 N–H and O–H groups in total. The number of nitrogens with one attached hydrogen (secondary N) is 1. The van der Waals surface area contributed by atoms with Gasteiger partial charge in [0.05, 0.1) is 6.54 Å². The van der Waals surface area contributed by atoms with Crippen LogP contribution in [0, 0.1) is 0 Å². The highest BCUT2D eigenvalue weighted by Crippen LogP contribution is 2.03. The molecular weight excluding hydrogens is 278 g/mol. The Balaban J connectivity index is 2.54. The molecule has 22 heavy (non-hydrogen) atoms. The molecule has 0 aromatic heterocycles. The predicted octanol–water partition coefficient (Wildman–Crippen LogP) is 0.846. The van der Waals surface area contributed by atoms with E-state index in [4.69, 9.17) is 4.99 Å². The molecular formula is C16H33N5O. The molecule has 0 aromatic rings. The summed E-state index contributed by atoms with van der Waals surface area (Å²) in [7, 11) is 0. The fraction of sp³-hybridized carbons (Fsp3) is 0.875. The summed E-state index contributed by atoms with van der Waals surface area (Å²) in [6.45, 7) is 17.4. The lowest BCUT2D eigenvalue weighted by molar-refractivity contribution is -0.130. The van der Waals surface area contributed by atoms with E-state index in [0.29, 0.717) is 6.04 Å². The van der Waals surface area contributed by atoms with E-state index < -0.39 is 0 Å². The summed E-state index contributed by atoms with van der Waals surface area (Å²) in [6.07, 6.45) is 0. The minimum atomic E-state index is 0.164. The molecule has 1 aliphatic rings. The number of hydrogen-bond donors (Lipinski definition) is 1. The first kappa shape index (κ1) is 18.7. The number of hydrogen-bond acceptors (Lipinski definition) is 3. The molecule has 1 aliphatic heterocycles. The number of aliphatic imine (C=N–C) groups is 1. The van der Waals surface area contributed by atoms with E-state index in [1.807, 2.05) is 4.90 Å². The smallest absolute Gasteiger partial charge is 0.219 e. The maximum Gasteiger partial charge on any atom is 0.219 e. The van der Waals surface area contributed by atoms with E-state index in [1.54, 1.807) is 6.92 Å².